The molecule has 3 aromatic carbocycles. The molecule has 3 rings (SSSR count). The average Bonchev–Trinajstić information content (AvgIpc) is 2.57. The predicted molar refractivity (Wildman–Crippen MR) is 99.7 cm³/mol. The molecule has 0 saturated carbocycles. The maximum atomic E-state index is 12.4. The van der Waals surface area contributed by atoms with Crippen molar-refractivity contribution in [3.05, 3.63) is 83.9 Å². The van der Waals surface area contributed by atoms with Gasteiger partial charge in [-0.1, -0.05) is 29.8 Å². The molecule has 0 fully saturated rings. The number of benzene rings is 3. The molecule has 0 unspecified atom stereocenters. The molecular formula is C20H19NO3S. The van der Waals surface area contributed by atoms with Crippen LogP contribution in [-0.4, -0.2) is 8.42 Å². The first-order valence-corrected chi connectivity index (χ1v) is 9.35. The highest BCUT2D eigenvalue weighted by Gasteiger charge is 2.13. The summed E-state index contributed by atoms with van der Waals surface area (Å²) in [6, 6.07) is 21.3. The minimum absolute atomic E-state index is 0.234. The van der Waals surface area contributed by atoms with Gasteiger partial charge >= 0.3 is 0 Å². The fourth-order valence-corrected chi connectivity index (χ4v) is 3.40. The third-order valence-corrected chi connectivity index (χ3v) is 5.06. The topological polar surface area (TPSA) is 55.4 Å². The number of nitrogens with one attached hydrogen (secondary N) is 1. The zero-order valence-corrected chi connectivity index (χ0v) is 14.9. The number of sulfonamides is 1. The Morgan fingerprint density at radius 2 is 1.44 bits per heavy atom. The van der Waals surface area contributed by atoms with E-state index in [0.717, 1.165) is 16.9 Å². The first-order valence-electron chi connectivity index (χ1n) is 7.86. The van der Waals surface area contributed by atoms with Crippen LogP contribution >= 0.6 is 0 Å². The van der Waals surface area contributed by atoms with Crippen LogP contribution in [0, 0.1) is 13.8 Å². The molecule has 25 heavy (non-hydrogen) atoms. The van der Waals surface area contributed by atoms with Crippen LogP contribution < -0.4 is 9.46 Å². The molecule has 0 radical (unpaired) electrons. The largest absolute Gasteiger partial charge is 0.457 e. The molecule has 0 bridgehead atoms. The minimum atomic E-state index is -3.60. The SMILES string of the molecule is Cc1ccc(S(=O)(=O)Nc2ccc(Oc3cccc(C)c3)cc2)cc1. The van der Waals surface area contributed by atoms with E-state index >= 15 is 0 Å². The third-order valence-electron chi connectivity index (χ3n) is 3.66. The van der Waals surface area contributed by atoms with Crippen LogP contribution in [0.3, 0.4) is 0 Å². The van der Waals surface area contributed by atoms with Crippen LogP contribution in [0.15, 0.2) is 77.7 Å². The molecule has 0 spiro atoms. The summed E-state index contributed by atoms with van der Waals surface area (Å²) in [6.45, 7) is 3.91. The van der Waals surface area contributed by atoms with Crippen molar-refractivity contribution in [1.29, 1.82) is 0 Å². The van der Waals surface area contributed by atoms with E-state index in [-0.39, 0.29) is 4.90 Å². The van der Waals surface area contributed by atoms with Crippen molar-refractivity contribution in [3.63, 3.8) is 0 Å². The number of anilines is 1. The quantitative estimate of drug-likeness (QED) is 0.710. The molecule has 0 aliphatic heterocycles. The zero-order chi connectivity index (χ0) is 17.9. The second-order valence-corrected chi connectivity index (χ2v) is 7.54. The Bertz CT molecular complexity index is 963. The van der Waals surface area contributed by atoms with Crippen LogP contribution in [0.2, 0.25) is 0 Å². The molecule has 4 nitrogen and oxygen atoms in total. The van der Waals surface area contributed by atoms with Gasteiger partial charge in [0.2, 0.25) is 0 Å². The Morgan fingerprint density at radius 3 is 2.08 bits per heavy atom. The molecule has 0 aromatic heterocycles. The fraction of sp³-hybridized carbons (Fsp3) is 0.100. The Morgan fingerprint density at radius 1 is 0.760 bits per heavy atom. The lowest BCUT2D eigenvalue weighted by Crippen LogP contribution is -2.12. The van der Waals surface area contributed by atoms with Gasteiger partial charge in [-0.15, -0.1) is 0 Å². The summed E-state index contributed by atoms with van der Waals surface area (Å²) in [5.41, 5.74) is 2.61. The van der Waals surface area contributed by atoms with E-state index in [1.54, 1.807) is 48.5 Å². The average molecular weight is 353 g/mol. The van der Waals surface area contributed by atoms with Gasteiger partial charge in [0, 0.05) is 5.69 Å². The number of hydrogen-bond acceptors (Lipinski definition) is 3. The fourth-order valence-electron chi connectivity index (χ4n) is 2.34. The molecule has 0 atom stereocenters. The van der Waals surface area contributed by atoms with Crippen molar-refractivity contribution >= 4 is 15.7 Å². The standard InChI is InChI=1S/C20H19NO3S/c1-15-6-12-20(13-7-15)25(22,23)21-17-8-10-18(11-9-17)24-19-5-3-4-16(2)14-19/h3-14,21H,1-2H3. The highest BCUT2D eigenvalue weighted by Crippen LogP contribution is 2.24. The molecule has 0 heterocycles. The van der Waals surface area contributed by atoms with Gasteiger partial charge in [-0.05, 0) is 67.9 Å². The van der Waals surface area contributed by atoms with Gasteiger partial charge in [0.1, 0.15) is 11.5 Å². The summed E-state index contributed by atoms with van der Waals surface area (Å²) < 4.78 is 33.1. The smallest absolute Gasteiger partial charge is 0.261 e. The number of aryl methyl sites for hydroxylation is 2. The maximum absolute atomic E-state index is 12.4. The Labute approximate surface area is 148 Å². The van der Waals surface area contributed by atoms with Gasteiger partial charge in [-0.25, -0.2) is 8.42 Å². The molecule has 128 valence electrons. The summed E-state index contributed by atoms with van der Waals surface area (Å²) in [7, 11) is -3.60. The van der Waals surface area contributed by atoms with Crippen molar-refractivity contribution in [3.8, 4) is 11.5 Å². The molecule has 0 aliphatic rings. The van der Waals surface area contributed by atoms with Crippen molar-refractivity contribution < 1.29 is 13.2 Å². The maximum Gasteiger partial charge on any atom is 0.261 e. The zero-order valence-electron chi connectivity index (χ0n) is 14.1. The van der Waals surface area contributed by atoms with E-state index < -0.39 is 10.0 Å². The van der Waals surface area contributed by atoms with Crippen LogP contribution in [0.4, 0.5) is 5.69 Å². The third kappa shape index (κ3) is 4.39. The minimum Gasteiger partial charge on any atom is -0.457 e. The number of ether oxygens (including phenoxy) is 1. The monoisotopic (exact) mass is 353 g/mol. The molecule has 0 saturated heterocycles. The normalized spacial score (nSPS) is 11.1. The lowest BCUT2D eigenvalue weighted by molar-refractivity contribution is 0.482. The van der Waals surface area contributed by atoms with Crippen LogP contribution in [0.1, 0.15) is 11.1 Å². The molecule has 0 amide bonds. The van der Waals surface area contributed by atoms with Gasteiger partial charge in [0.25, 0.3) is 10.0 Å². The molecule has 0 aliphatic carbocycles. The second-order valence-electron chi connectivity index (χ2n) is 5.86. The van der Waals surface area contributed by atoms with E-state index in [2.05, 4.69) is 4.72 Å². The Hall–Kier alpha value is -2.79. The lowest BCUT2D eigenvalue weighted by atomic mass is 10.2. The lowest BCUT2D eigenvalue weighted by Gasteiger charge is -2.10. The van der Waals surface area contributed by atoms with Crippen LogP contribution in [0.25, 0.3) is 0 Å². The Balaban J connectivity index is 1.73. The van der Waals surface area contributed by atoms with Gasteiger partial charge in [0.15, 0.2) is 0 Å². The van der Waals surface area contributed by atoms with Crippen molar-refractivity contribution in [2.24, 2.45) is 0 Å². The molecule has 3 aromatic rings. The highest BCUT2D eigenvalue weighted by atomic mass is 32.2. The molecule has 5 heteroatoms. The highest BCUT2D eigenvalue weighted by molar-refractivity contribution is 7.92. The second kappa shape index (κ2) is 6.99. The molecular weight excluding hydrogens is 334 g/mol. The summed E-state index contributed by atoms with van der Waals surface area (Å²) in [5.74, 6) is 1.39. The molecule has 1 N–H and O–H groups in total. The van der Waals surface area contributed by atoms with Crippen molar-refractivity contribution in [2.45, 2.75) is 18.7 Å². The van der Waals surface area contributed by atoms with Crippen molar-refractivity contribution in [1.82, 2.24) is 0 Å². The van der Waals surface area contributed by atoms with Gasteiger partial charge in [-0.3, -0.25) is 4.72 Å². The first kappa shape index (κ1) is 17.0. The predicted octanol–water partition coefficient (Wildman–Crippen LogP) is 4.90. The van der Waals surface area contributed by atoms with Gasteiger partial charge < -0.3 is 4.74 Å². The van der Waals surface area contributed by atoms with E-state index in [4.69, 9.17) is 4.74 Å². The van der Waals surface area contributed by atoms with E-state index in [9.17, 15) is 8.42 Å². The number of hydrogen-bond donors (Lipinski definition) is 1. The Kier molecular flexibility index (Phi) is 4.76. The van der Waals surface area contributed by atoms with Crippen LogP contribution in [-0.2, 0) is 10.0 Å². The summed E-state index contributed by atoms with van der Waals surface area (Å²) >= 11 is 0. The van der Waals surface area contributed by atoms with E-state index in [0.29, 0.717) is 11.4 Å². The van der Waals surface area contributed by atoms with Gasteiger partial charge in [-0.2, -0.15) is 0 Å². The number of rotatable bonds is 5. The van der Waals surface area contributed by atoms with Gasteiger partial charge in [0.05, 0.1) is 4.90 Å². The first-order chi connectivity index (χ1) is 11.9. The van der Waals surface area contributed by atoms with E-state index in [1.807, 2.05) is 38.1 Å². The summed E-state index contributed by atoms with van der Waals surface area (Å²) in [5, 5.41) is 0. The summed E-state index contributed by atoms with van der Waals surface area (Å²) in [6.07, 6.45) is 0. The summed E-state index contributed by atoms with van der Waals surface area (Å²) in [4.78, 5) is 0.234. The van der Waals surface area contributed by atoms with Crippen LogP contribution in [0.5, 0.6) is 11.5 Å². The van der Waals surface area contributed by atoms with Crippen molar-refractivity contribution in [2.75, 3.05) is 4.72 Å². The van der Waals surface area contributed by atoms with E-state index in [1.165, 1.54) is 0 Å².